The van der Waals surface area contributed by atoms with Crippen LogP contribution in [0.2, 0.25) is 0 Å². The van der Waals surface area contributed by atoms with Gasteiger partial charge in [0.2, 0.25) is 0 Å². The number of hydrogen-bond acceptors (Lipinski definition) is 5. The van der Waals surface area contributed by atoms with E-state index >= 15 is 0 Å². The molecule has 5 nitrogen and oxygen atoms in total. The highest BCUT2D eigenvalue weighted by molar-refractivity contribution is 7.98. The number of aliphatic hydroxyl groups excluding tert-OH is 1. The molecule has 0 saturated carbocycles. The lowest BCUT2D eigenvalue weighted by atomic mass is 9.86. The highest BCUT2D eigenvalue weighted by Crippen LogP contribution is 2.28. The summed E-state index contributed by atoms with van der Waals surface area (Å²) in [6.45, 7) is 6.48. The van der Waals surface area contributed by atoms with Crippen LogP contribution in [-0.4, -0.2) is 51.6 Å². The minimum absolute atomic E-state index is 0.142. The van der Waals surface area contributed by atoms with Crippen LogP contribution in [0.1, 0.15) is 61.4 Å². The Labute approximate surface area is 148 Å². The molecule has 0 bridgehead atoms. The molecule has 24 heavy (non-hydrogen) atoms. The standard InChI is InChI=1S/C18H29NO4S/c1-4-6-9-24-12-14-10-15(23-13(14)3)17(21)19-8-7-18(22,5-2)16(20)11-19/h10,16,20,22H,4-9,11-12H2,1-3H3/t16-,18-/m0/s1. The van der Waals surface area contributed by atoms with Crippen molar-refractivity contribution in [2.24, 2.45) is 0 Å². The van der Waals surface area contributed by atoms with Crippen LogP contribution in [0, 0.1) is 6.92 Å². The predicted octanol–water partition coefficient (Wildman–Crippen LogP) is 2.97. The highest BCUT2D eigenvalue weighted by Gasteiger charge is 2.41. The van der Waals surface area contributed by atoms with Gasteiger partial charge in [0, 0.05) is 24.4 Å². The fourth-order valence-electron chi connectivity index (χ4n) is 2.91. The first-order chi connectivity index (χ1) is 11.4. The van der Waals surface area contributed by atoms with Gasteiger partial charge in [-0.25, -0.2) is 0 Å². The molecule has 0 aromatic carbocycles. The molecule has 2 N–H and O–H groups in total. The molecule has 0 spiro atoms. The number of carbonyl (C=O) groups is 1. The second kappa shape index (κ2) is 8.41. The summed E-state index contributed by atoms with van der Waals surface area (Å²) >= 11 is 1.85. The van der Waals surface area contributed by atoms with Crippen molar-refractivity contribution in [3.63, 3.8) is 0 Å². The average Bonchev–Trinajstić information content (AvgIpc) is 2.94. The largest absolute Gasteiger partial charge is 0.456 e. The SMILES string of the molecule is CCCCSCc1cc(C(=O)N2CC[C@@](O)(CC)[C@@H](O)C2)oc1C. The number of unbranched alkanes of at least 4 members (excludes halogenated alkanes) is 1. The molecule has 136 valence electrons. The van der Waals surface area contributed by atoms with E-state index in [0.29, 0.717) is 25.1 Å². The van der Waals surface area contributed by atoms with E-state index in [2.05, 4.69) is 6.92 Å². The number of piperidine rings is 1. The zero-order chi connectivity index (χ0) is 17.7. The Bertz CT molecular complexity index is 559. The van der Waals surface area contributed by atoms with E-state index in [0.717, 1.165) is 22.8 Å². The van der Waals surface area contributed by atoms with Gasteiger partial charge in [-0.1, -0.05) is 20.3 Å². The maximum Gasteiger partial charge on any atom is 0.289 e. The maximum atomic E-state index is 12.6. The Morgan fingerprint density at radius 3 is 2.88 bits per heavy atom. The van der Waals surface area contributed by atoms with Crippen molar-refractivity contribution in [1.29, 1.82) is 0 Å². The van der Waals surface area contributed by atoms with E-state index in [-0.39, 0.29) is 12.5 Å². The van der Waals surface area contributed by atoms with Crippen molar-refractivity contribution in [3.8, 4) is 0 Å². The summed E-state index contributed by atoms with van der Waals surface area (Å²) in [6, 6.07) is 1.82. The summed E-state index contributed by atoms with van der Waals surface area (Å²) in [5.41, 5.74) is -0.0289. The Balaban J connectivity index is 1.98. The molecule has 0 aliphatic carbocycles. The fourth-order valence-corrected chi connectivity index (χ4v) is 4.06. The molecule has 1 aliphatic rings. The van der Waals surface area contributed by atoms with Crippen molar-refractivity contribution >= 4 is 17.7 Å². The molecule has 2 heterocycles. The van der Waals surface area contributed by atoms with Gasteiger partial charge in [-0.15, -0.1) is 0 Å². The third kappa shape index (κ3) is 4.35. The van der Waals surface area contributed by atoms with E-state index in [1.807, 2.05) is 31.7 Å². The molecule has 6 heteroatoms. The number of aryl methyl sites for hydroxylation is 1. The zero-order valence-corrected chi connectivity index (χ0v) is 15.7. The average molecular weight is 356 g/mol. The minimum Gasteiger partial charge on any atom is -0.456 e. The number of thioether (sulfide) groups is 1. The molecule has 1 aliphatic heterocycles. The fraction of sp³-hybridized carbons (Fsp3) is 0.722. The van der Waals surface area contributed by atoms with Crippen LogP contribution < -0.4 is 0 Å². The van der Waals surface area contributed by atoms with E-state index in [4.69, 9.17) is 4.42 Å². The van der Waals surface area contributed by atoms with Crippen molar-refractivity contribution in [1.82, 2.24) is 4.90 Å². The zero-order valence-electron chi connectivity index (χ0n) is 14.9. The van der Waals surface area contributed by atoms with Crippen LogP contribution in [0.3, 0.4) is 0 Å². The van der Waals surface area contributed by atoms with Gasteiger partial charge in [-0.2, -0.15) is 11.8 Å². The molecule has 1 aromatic rings. The van der Waals surface area contributed by atoms with E-state index in [9.17, 15) is 15.0 Å². The van der Waals surface area contributed by atoms with Crippen LogP contribution in [-0.2, 0) is 5.75 Å². The number of aliphatic hydroxyl groups is 2. The molecule has 2 rings (SSSR count). The molecular weight excluding hydrogens is 326 g/mol. The molecule has 1 fully saturated rings. The minimum atomic E-state index is -1.09. The van der Waals surface area contributed by atoms with Gasteiger partial charge < -0.3 is 19.5 Å². The van der Waals surface area contributed by atoms with E-state index in [1.54, 1.807) is 4.90 Å². The first kappa shape index (κ1) is 19.3. The highest BCUT2D eigenvalue weighted by atomic mass is 32.2. The van der Waals surface area contributed by atoms with Gasteiger partial charge in [-0.3, -0.25) is 4.79 Å². The summed E-state index contributed by atoms with van der Waals surface area (Å²) in [5, 5.41) is 20.4. The topological polar surface area (TPSA) is 73.9 Å². The smallest absolute Gasteiger partial charge is 0.289 e. The molecule has 1 saturated heterocycles. The number of amides is 1. The van der Waals surface area contributed by atoms with E-state index in [1.165, 1.54) is 12.8 Å². The van der Waals surface area contributed by atoms with Crippen LogP contribution in [0.25, 0.3) is 0 Å². The second-order valence-electron chi connectivity index (χ2n) is 6.57. The number of furan rings is 1. The van der Waals surface area contributed by atoms with Crippen molar-refractivity contribution in [3.05, 3.63) is 23.2 Å². The Morgan fingerprint density at radius 2 is 2.25 bits per heavy atom. The van der Waals surface area contributed by atoms with E-state index < -0.39 is 11.7 Å². The third-order valence-electron chi connectivity index (χ3n) is 4.86. The second-order valence-corrected chi connectivity index (χ2v) is 7.68. The summed E-state index contributed by atoms with van der Waals surface area (Å²) in [5.74, 6) is 2.86. The van der Waals surface area contributed by atoms with Gasteiger partial charge >= 0.3 is 0 Å². The molecule has 1 aromatic heterocycles. The van der Waals surface area contributed by atoms with Crippen LogP contribution in [0.15, 0.2) is 10.5 Å². The van der Waals surface area contributed by atoms with Gasteiger partial charge in [0.25, 0.3) is 5.91 Å². The number of carbonyl (C=O) groups excluding carboxylic acids is 1. The predicted molar refractivity (Wildman–Crippen MR) is 96.3 cm³/mol. The summed E-state index contributed by atoms with van der Waals surface area (Å²) in [7, 11) is 0. The molecular formula is C18H29NO4S. The van der Waals surface area contributed by atoms with Gasteiger partial charge in [-0.05, 0) is 38.0 Å². The Hall–Kier alpha value is -0.980. The first-order valence-electron chi connectivity index (χ1n) is 8.78. The Morgan fingerprint density at radius 1 is 1.50 bits per heavy atom. The Kier molecular flexibility index (Phi) is 6.78. The summed E-state index contributed by atoms with van der Waals surface area (Å²) in [6.07, 6.45) is 2.33. The lowest BCUT2D eigenvalue weighted by Gasteiger charge is -2.41. The quantitative estimate of drug-likeness (QED) is 0.736. The number of β-amino-alcohol motifs (C(OH)–C–C–N with tert-alkyl or cyclic N) is 1. The third-order valence-corrected chi connectivity index (χ3v) is 5.95. The molecule has 1 amide bonds. The van der Waals surface area contributed by atoms with Gasteiger partial charge in [0.15, 0.2) is 5.76 Å². The molecule has 0 radical (unpaired) electrons. The number of nitrogens with zero attached hydrogens (tertiary/aromatic N) is 1. The molecule has 0 unspecified atom stereocenters. The van der Waals surface area contributed by atoms with Crippen LogP contribution >= 0.6 is 11.8 Å². The summed E-state index contributed by atoms with van der Waals surface area (Å²) < 4.78 is 5.65. The van der Waals surface area contributed by atoms with Crippen LogP contribution in [0.5, 0.6) is 0 Å². The number of rotatable bonds is 7. The van der Waals surface area contributed by atoms with Crippen molar-refractivity contribution in [2.75, 3.05) is 18.8 Å². The lowest BCUT2D eigenvalue weighted by molar-refractivity contribution is -0.114. The van der Waals surface area contributed by atoms with Crippen molar-refractivity contribution < 1.29 is 19.4 Å². The van der Waals surface area contributed by atoms with Gasteiger partial charge in [0.1, 0.15) is 11.9 Å². The monoisotopic (exact) mass is 355 g/mol. The first-order valence-corrected chi connectivity index (χ1v) is 9.93. The van der Waals surface area contributed by atoms with Crippen molar-refractivity contribution in [2.45, 2.75) is 63.9 Å². The lowest BCUT2D eigenvalue weighted by Crippen LogP contribution is -2.56. The number of likely N-dealkylation sites (tertiary alicyclic amines) is 1. The maximum absolute atomic E-state index is 12.6. The number of hydrogen-bond donors (Lipinski definition) is 2. The summed E-state index contributed by atoms with van der Waals surface area (Å²) in [4.78, 5) is 14.2. The molecule has 2 atom stereocenters. The van der Waals surface area contributed by atoms with Crippen LogP contribution in [0.4, 0.5) is 0 Å². The van der Waals surface area contributed by atoms with Gasteiger partial charge in [0.05, 0.1) is 5.60 Å². The normalized spacial score (nSPS) is 24.4.